The minimum absolute atomic E-state index is 0.146. The van der Waals surface area contributed by atoms with Gasteiger partial charge in [-0.3, -0.25) is 4.79 Å². The van der Waals surface area contributed by atoms with E-state index in [2.05, 4.69) is 5.32 Å². The number of benzene rings is 1. The first-order valence-corrected chi connectivity index (χ1v) is 5.53. The number of aliphatic carboxylic acids is 1. The highest BCUT2D eigenvalue weighted by Gasteiger charge is 2.06. The Bertz CT molecular complexity index is 513. The van der Waals surface area contributed by atoms with Crippen LogP contribution in [-0.4, -0.2) is 42.5 Å². The van der Waals surface area contributed by atoms with Crippen LogP contribution < -0.4 is 5.32 Å². The van der Waals surface area contributed by atoms with Crippen LogP contribution in [0.15, 0.2) is 24.3 Å². The molecule has 0 aromatic heterocycles. The van der Waals surface area contributed by atoms with E-state index >= 15 is 0 Å². The number of carbonyl (C=O) groups excluding carboxylic acids is 1. The molecule has 0 unspecified atom stereocenters. The fraction of sp³-hybridized carbons (Fsp3) is 0.231. The summed E-state index contributed by atoms with van der Waals surface area (Å²) in [4.78, 5) is 23.5. The average Bonchev–Trinajstić information content (AvgIpc) is 2.26. The summed E-state index contributed by atoms with van der Waals surface area (Å²) in [5.74, 6) is -2.00. The second-order valence-electron chi connectivity index (χ2n) is 4.19. The van der Waals surface area contributed by atoms with Gasteiger partial charge in [-0.1, -0.05) is 0 Å². The lowest BCUT2D eigenvalue weighted by Crippen LogP contribution is -2.27. The summed E-state index contributed by atoms with van der Waals surface area (Å²) in [5.41, 5.74) is 0.477. The van der Waals surface area contributed by atoms with Gasteiger partial charge in [0.05, 0.1) is 6.54 Å². The van der Waals surface area contributed by atoms with Gasteiger partial charge >= 0.3 is 5.97 Å². The van der Waals surface area contributed by atoms with Crippen LogP contribution in [0, 0.1) is 5.82 Å². The summed E-state index contributed by atoms with van der Waals surface area (Å²) in [5, 5.41) is 11.0. The number of anilines is 1. The Morgan fingerprint density at radius 2 is 2.11 bits per heavy atom. The predicted molar refractivity (Wildman–Crippen MR) is 70.3 cm³/mol. The van der Waals surface area contributed by atoms with Gasteiger partial charge in [-0.15, -0.1) is 0 Å². The largest absolute Gasteiger partial charge is 0.478 e. The quantitative estimate of drug-likeness (QED) is 0.791. The minimum atomic E-state index is -1.15. The molecule has 1 aromatic carbocycles. The average molecular weight is 266 g/mol. The lowest BCUT2D eigenvalue weighted by Gasteiger charge is -2.10. The smallest absolute Gasteiger partial charge is 0.328 e. The molecule has 1 aromatic rings. The number of carboxylic acid groups (broad SMARTS) is 1. The van der Waals surface area contributed by atoms with Crippen LogP contribution >= 0.6 is 0 Å². The van der Waals surface area contributed by atoms with E-state index in [1.54, 1.807) is 19.0 Å². The third kappa shape index (κ3) is 5.31. The molecule has 0 atom stereocenters. The standard InChI is InChI=1S/C13H15FN2O3/c1-16(2)8-12(17)15-10-5-3-9(11(14)7-10)4-6-13(18)19/h3-7H,8H2,1-2H3,(H,15,17)(H,18,19)/b6-4+. The van der Waals surface area contributed by atoms with Crippen molar-refractivity contribution in [3.8, 4) is 0 Å². The van der Waals surface area contributed by atoms with E-state index in [9.17, 15) is 14.0 Å². The number of rotatable bonds is 5. The minimum Gasteiger partial charge on any atom is -0.478 e. The van der Waals surface area contributed by atoms with Gasteiger partial charge in [-0.05, 0) is 38.4 Å². The van der Waals surface area contributed by atoms with Crippen molar-refractivity contribution in [3.63, 3.8) is 0 Å². The normalized spacial score (nSPS) is 10.9. The molecular formula is C13H15FN2O3. The van der Waals surface area contributed by atoms with Crippen molar-refractivity contribution in [2.75, 3.05) is 26.0 Å². The molecule has 0 radical (unpaired) electrons. The highest BCUT2D eigenvalue weighted by atomic mass is 19.1. The molecule has 19 heavy (non-hydrogen) atoms. The summed E-state index contributed by atoms with van der Waals surface area (Å²) in [7, 11) is 3.50. The molecule has 1 rings (SSSR count). The first-order chi connectivity index (χ1) is 8.88. The lowest BCUT2D eigenvalue weighted by atomic mass is 10.1. The Morgan fingerprint density at radius 1 is 1.42 bits per heavy atom. The topological polar surface area (TPSA) is 69.6 Å². The number of nitrogens with zero attached hydrogens (tertiary/aromatic N) is 1. The number of hydrogen-bond acceptors (Lipinski definition) is 3. The van der Waals surface area contributed by atoms with E-state index in [1.165, 1.54) is 12.1 Å². The van der Waals surface area contributed by atoms with Gasteiger partial charge in [0.1, 0.15) is 5.82 Å². The van der Waals surface area contributed by atoms with Crippen molar-refractivity contribution >= 4 is 23.6 Å². The van der Waals surface area contributed by atoms with Crippen LogP contribution in [0.5, 0.6) is 0 Å². The SMILES string of the molecule is CN(C)CC(=O)Nc1ccc(/C=C/C(=O)O)c(F)c1. The van der Waals surface area contributed by atoms with Crippen molar-refractivity contribution in [1.82, 2.24) is 4.90 Å². The van der Waals surface area contributed by atoms with Crippen molar-refractivity contribution in [3.05, 3.63) is 35.7 Å². The van der Waals surface area contributed by atoms with Gasteiger partial charge in [0.25, 0.3) is 0 Å². The second kappa shape index (κ2) is 6.65. The van der Waals surface area contributed by atoms with Gasteiger partial charge in [-0.2, -0.15) is 0 Å². The predicted octanol–water partition coefficient (Wildman–Crippen LogP) is 1.42. The number of halogens is 1. The van der Waals surface area contributed by atoms with E-state index in [-0.39, 0.29) is 18.0 Å². The molecule has 5 nitrogen and oxygen atoms in total. The third-order valence-corrected chi connectivity index (χ3v) is 2.15. The van der Waals surface area contributed by atoms with Crippen LogP contribution in [0.1, 0.15) is 5.56 Å². The monoisotopic (exact) mass is 266 g/mol. The summed E-state index contributed by atoms with van der Waals surface area (Å²) in [6.45, 7) is 0.197. The molecule has 6 heteroatoms. The zero-order valence-electron chi connectivity index (χ0n) is 10.7. The second-order valence-corrected chi connectivity index (χ2v) is 4.19. The number of hydrogen-bond donors (Lipinski definition) is 2. The Hall–Kier alpha value is -2.21. The van der Waals surface area contributed by atoms with Gasteiger partial charge in [0.15, 0.2) is 0 Å². The van der Waals surface area contributed by atoms with Crippen LogP contribution in [0.3, 0.4) is 0 Å². The fourth-order valence-electron chi connectivity index (χ4n) is 1.39. The van der Waals surface area contributed by atoms with Crippen molar-refractivity contribution < 1.29 is 19.1 Å². The summed E-state index contributed by atoms with van der Waals surface area (Å²) < 4.78 is 13.6. The molecule has 0 spiro atoms. The number of likely N-dealkylation sites (N-methyl/N-ethyl adjacent to an activating group) is 1. The molecule has 0 aliphatic heterocycles. The number of nitrogens with one attached hydrogen (secondary N) is 1. The van der Waals surface area contributed by atoms with Crippen molar-refractivity contribution in [1.29, 1.82) is 0 Å². The Morgan fingerprint density at radius 3 is 2.63 bits per heavy atom. The lowest BCUT2D eigenvalue weighted by molar-refractivity contribution is -0.131. The first-order valence-electron chi connectivity index (χ1n) is 5.53. The molecule has 1 amide bonds. The zero-order chi connectivity index (χ0) is 14.4. The highest BCUT2D eigenvalue weighted by Crippen LogP contribution is 2.15. The molecule has 0 aliphatic rings. The van der Waals surface area contributed by atoms with Gasteiger partial charge in [0, 0.05) is 17.3 Å². The molecular weight excluding hydrogens is 251 g/mol. The zero-order valence-corrected chi connectivity index (χ0v) is 10.7. The third-order valence-electron chi connectivity index (χ3n) is 2.15. The number of amides is 1. The molecule has 0 fully saturated rings. The van der Waals surface area contributed by atoms with E-state index in [0.717, 1.165) is 18.2 Å². The Kier molecular flexibility index (Phi) is 5.20. The van der Waals surface area contributed by atoms with E-state index in [0.29, 0.717) is 5.69 Å². The molecule has 2 N–H and O–H groups in total. The molecule has 0 bridgehead atoms. The van der Waals surface area contributed by atoms with Crippen LogP contribution in [-0.2, 0) is 9.59 Å². The molecule has 0 aliphatic carbocycles. The van der Waals surface area contributed by atoms with Crippen molar-refractivity contribution in [2.24, 2.45) is 0 Å². The highest BCUT2D eigenvalue weighted by molar-refractivity contribution is 5.92. The molecule has 0 saturated heterocycles. The maximum Gasteiger partial charge on any atom is 0.328 e. The van der Waals surface area contributed by atoms with E-state index in [1.807, 2.05) is 0 Å². The van der Waals surface area contributed by atoms with Crippen LogP contribution in [0.25, 0.3) is 6.08 Å². The summed E-state index contributed by atoms with van der Waals surface area (Å²) >= 11 is 0. The first kappa shape index (κ1) is 14.8. The van der Waals surface area contributed by atoms with Gasteiger partial charge in [-0.25, -0.2) is 9.18 Å². The summed E-state index contributed by atoms with van der Waals surface area (Å²) in [6, 6.07) is 4.06. The maximum absolute atomic E-state index is 13.6. The van der Waals surface area contributed by atoms with E-state index < -0.39 is 11.8 Å². The number of carboxylic acids is 1. The van der Waals surface area contributed by atoms with Gasteiger partial charge in [0.2, 0.25) is 5.91 Å². The van der Waals surface area contributed by atoms with Gasteiger partial charge < -0.3 is 15.3 Å². The Balaban J connectivity index is 2.77. The number of carbonyl (C=O) groups is 2. The molecule has 102 valence electrons. The molecule has 0 heterocycles. The van der Waals surface area contributed by atoms with Crippen molar-refractivity contribution in [2.45, 2.75) is 0 Å². The fourth-order valence-corrected chi connectivity index (χ4v) is 1.39. The van der Waals surface area contributed by atoms with Crippen LogP contribution in [0.2, 0.25) is 0 Å². The Labute approximate surface area is 110 Å². The van der Waals surface area contributed by atoms with E-state index in [4.69, 9.17) is 5.11 Å². The summed E-state index contributed by atoms with van der Waals surface area (Å²) in [6.07, 6.45) is 2.01. The molecule has 0 saturated carbocycles. The maximum atomic E-state index is 13.6. The van der Waals surface area contributed by atoms with Crippen LogP contribution in [0.4, 0.5) is 10.1 Å².